The van der Waals surface area contributed by atoms with Crippen LogP contribution in [-0.4, -0.2) is 26.0 Å². The summed E-state index contributed by atoms with van der Waals surface area (Å²) in [7, 11) is 0. The molecule has 4 N–H and O–H groups in total. The molecular weight excluding hydrogens is 284 g/mol. The molecule has 0 spiro atoms. The number of nitrogens with zero attached hydrogens (tertiary/aromatic N) is 4. The smallest absolute Gasteiger partial charge is 0.249 e. The van der Waals surface area contributed by atoms with Crippen molar-refractivity contribution in [1.82, 2.24) is 20.1 Å². The summed E-state index contributed by atoms with van der Waals surface area (Å²) in [4.78, 5) is 11.5. The highest BCUT2D eigenvalue weighted by molar-refractivity contribution is 6.00. The van der Waals surface area contributed by atoms with Crippen molar-refractivity contribution < 1.29 is 9.42 Å². The lowest BCUT2D eigenvalue weighted by atomic mass is 10.0. The molecule has 0 unspecified atom stereocenters. The van der Waals surface area contributed by atoms with Gasteiger partial charge in [0.15, 0.2) is 0 Å². The van der Waals surface area contributed by atoms with Crippen LogP contribution in [0, 0.1) is 6.92 Å². The molecule has 0 aliphatic carbocycles. The monoisotopic (exact) mass is 298 g/mol. The van der Waals surface area contributed by atoms with Crippen molar-refractivity contribution in [3.63, 3.8) is 0 Å². The molecule has 3 aromatic rings. The summed E-state index contributed by atoms with van der Waals surface area (Å²) in [5, 5.41) is 11.8. The molecule has 2 heterocycles. The molecule has 0 aliphatic heterocycles. The van der Waals surface area contributed by atoms with E-state index >= 15 is 0 Å². The van der Waals surface area contributed by atoms with Crippen LogP contribution in [0.25, 0.3) is 11.1 Å². The van der Waals surface area contributed by atoms with E-state index in [0.717, 1.165) is 0 Å². The van der Waals surface area contributed by atoms with Crippen LogP contribution in [0.5, 0.6) is 0 Å². The fourth-order valence-electron chi connectivity index (χ4n) is 2.20. The standard InChI is InChI=1S/C14H14N6O2/c1-8-12(19-22-18-8)7-20-13(15)11(6-17-20)9-4-2-3-5-10(9)14(16)21/h2-6H,7,15H2,1H3,(H2,16,21). The molecule has 3 rings (SSSR count). The summed E-state index contributed by atoms with van der Waals surface area (Å²) in [5.74, 6) is -0.101. The van der Waals surface area contributed by atoms with Crippen LogP contribution in [0.15, 0.2) is 35.1 Å². The second-order valence-corrected chi connectivity index (χ2v) is 4.81. The number of carbonyl (C=O) groups excluding carboxylic acids is 1. The molecule has 0 aliphatic rings. The van der Waals surface area contributed by atoms with Crippen molar-refractivity contribution in [2.45, 2.75) is 13.5 Å². The number of aromatic nitrogens is 4. The van der Waals surface area contributed by atoms with E-state index in [-0.39, 0.29) is 0 Å². The number of carbonyl (C=O) groups is 1. The molecule has 8 heteroatoms. The van der Waals surface area contributed by atoms with E-state index in [1.807, 2.05) is 6.07 Å². The minimum Gasteiger partial charge on any atom is -0.383 e. The molecule has 8 nitrogen and oxygen atoms in total. The normalized spacial score (nSPS) is 10.8. The Morgan fingerprint density at radius 2 is 2.05 bits per heavy atom. The molecule has 0 atom stereocenters. The van der Waals surface area contributed by atoms with Crippen molar-refractivity contribution >= 4 is 11.7 Å². The zero-order chi connectivity index (χ0) is 15.7. The second kappa shape index (κ2) is 5.32. The summed E-state index contributed by atoms with van der Waals surface area (Å²) in [5.41, 5.74) is 14.5. The Balaban J connectivity index is 2.01. The number of hydrogen-bond donors (Lipinski definition) is 2. The lowest BCUT2D eigenvalue weighted by Crippen LogP contribution is -2.12. The third-order valence-corrected chi connectivity index (χ3v) is 3.41. The highest BCUT2D eigenvalue weighted by atomic mass is 16.6. The third kappa shape index (κ3) is 2.30. The van der Waals surface area contributed by atoms with Crippen molar-refractivity contribution in [1.29, 1.82) is 0 Å². The Bertz CT molecular complexity index is 835. The van der Waals surface area contributed by atoms with Gasteiger partial charge in [-0.1, -0.05) is 28.5 Å². The van der Waals surface area contributed by atoms with Crippen LogP contribution in [0.1, 0.15) is 21.7 Å². The maximum atomic E-state index is 11.5. The number of rotatable bonds is 4. The fourth-order valence-corrected chi connectivity index (χ4v) is 2.20. The van der Waals surface area contributed by atoms with Gasteiger partial charge < -0.3 is 11.5 Å². The van der Waals surface area contributed by atoms with Crippen molar-refractivity contribution in [3.8, 4) is 11.1 Å². The Morgan fingerprint density at radius 1 is 1.27 bits per heavy atom. The fraction of sp³-hybridized carbons (Fsp3) is 0.143. The molecule has 1 amide bonds. The number of nitrogen functional groups attached to an aromatic ring is 1. The zero-order valence-corrected chi connectivity index (χ0v) is 11.9. The maximum absolute atomic E-state index is 11.5. The summed E-state index contributed by atoms with van der Waals surface area (Å²) in [6, 6.07) is 6.99. The average Bonchev–Trinajstić information content (AvgIpc) is 3.07. The first-order valence-corrected chi connectivity index (χ1v) is 6.56. The molecule has 112 valence electrons. The van der Waals surface area contributed by atoms with E-state index in [4.69, 9.17) is 11.5 Å². The first kappa shape index (κ1) is 13.8. The van der Waals surface area contributed by atoms with Crippen LogP contribution in [0.4, 0.5) is 5.82 Å². The highest BCUT2D eigenvalue weighted by Gasteiger charge is 2.16. The SMILES string of the molecule is Cc1nonc1Cn1ncc(-c2ccccc2C(N)=O)c1N. The van der Waals surface area contributed by atoms with E-state index < -0.39 is 5.91 Å². The predicted octanol–water partition coefficient (Wildman–Crippen LogP) is 0.971. The van der Waals surface area contributed by atoms with Crippen LogP contribution in [0.3, 0.4) is 0 Å². The Labute approximate surface area is 125 Å². The molecule has 2 aromatic heterocycles. The lowest BCUT2D eigenvalue weighted by Gasteiger charge is -2.07. The van der Waals surface area contributed by atoms with Crippen LogP contribution in [-0.2, 0) is 6.54 Å². The molecule has 0 bridgehead atoms. The van der Waals surface area contributed by atoms with Gasteiger partial charge in [-0.05, 0) is 18.6 Å². The summed E-state index contributed by atoms with van der Waals surface area (Å²) in [6.45, 7) is 2.12. The Hall–Kier alpha value is -3.16. The Kier molecular flexibility index (Phi) is 3.34. The number of primary amides is 1. The third-order valence-electron chi connectivity index (χ3n) is 3.41. The van der Waals surface area contributed by atoms with Crippen molar-refractivity contribution in [2.24, 2.45) is 5.73 Å². The van der Waals surface area contributed by atoms with Gasteiger partial charge in [-0.2, -0.15) is 5.10 Å². The maximum Gasteiger partial charge on any atom is 0.249 e. The number of nitrogens with two attached hydrogens (primary N) is 2. The minimum atomic E-state index is -0.515. The first-order valence-electron chi connectivity index (χ1n) is 6.56. The van der Waals surface area contributed by atoms with E-state index in [2.05, 4.69) is 20.0 Å². The van der Waals surface area contributed by atoms with E-state index in [0.29, 0.717) is 40.4 Å². The molecule has 0 fully saturated rings. The van der Waals surface area contributed by atoms with Crippen molar-refractivity contribution in [3.05, 3.63) is 47.4 Å². The van der Waals surface area contributed by atoms with Crippen LogP contribution in [0.2, 0.25) is 0 Å². The van der Waals surface area contributed by atoms with Gasteiger partial charge >= 0.3 is 0 Å². The number of hydrogen-bond acceptors (Lipinski definition) is 6. The second-order valence-electron chi connectivity index (χ2n) is 4.81. The quantitative estimate of drug-likeness (QED) is 0.739. The number of amides is 1. The van der Waals surface area contributed by atoms with Crippen molar-refractivity contribution in [2.75, 3.05) is 5.73 Å². The van der Waals surface area contributed by atoms with E-state index in [9.17, 15) is 4.79 Å². The van der Waals surface area contributed by atoms with E-state index in [1.165, 1.54) is 0 Å². The first-order chi connectivity index (χ1) is 10.6. The van der Waals surface area contributed by atoms with Gasteiger partial charge in [0.1, 0.15) is 17.2 Å². The topological polar surface area (TPSA) is 126 Å². The lowest BCUT2D eigenvalue weighted by molar-refractivity contribution is 0.100. The summed E-state index contributed by atoms with van der Waals surface area (Å²) >= 11 is 0. The molecule has 1 aromatic carbocycles. The minimum absolute atomic E-state index is 0.333. The molecule has 0 saturated heterocycles. The predicted molar refractivity (Wildman–Crippen MR) is 78.7 cm³/mol. The van der Waals surface area contributed by atoms with Gasteiger partial charge in [0, 0.05) is 11.1 Å². The van der Waals surface area contributed by atoms with E-state index in [1.54, 1.807) is 36.0 Å². The van der Waals surface area contributed by atoms with Crippen LogP contribution < -0.4 is 11.5 Å². The number of anilines is 1. The summed E-state index contributed by atoms with van der Waals surface area (Å²) < 4.78 is 6.23. The van der Waals surface area contributed by atoms with Crippen LogP contribution >= 0.6 is 0 Å². The number of aryl methyl sites for hydroxylation is 1. The largest absolute Gasteiger partial charge is 0.383 e. The average molecular weight is 298 g/mol. The number of benzene rings is 1. The van der Waals surface area contributed by atoms with Gasteiger partial charge in [0.25, 0.3) is 0 Å². The molecular formula is C14H14N6O2. The highest BCUT2D eigenvalue weighted by Crippen LogP contribution is 2.29. The van der Waals surface area contributed by atoms with Gasteiger partial charge in [-0.15, -0.1) is 0 Å². The molecule has 0 radical (unpaired) electrons. The Morgan fingerprint density at radius 3 is 2.73 bits per heavy atom. The molecule has 0 saturated carbocycles. The zero-order valence-electron chi connectivity index (χ0n) is 11.9. The van der Waals surface area contributed by atoms with Gasteiger partial charge in [0.05, 0.1) is 12.7 Å². The van der Waals surface area contributed by atoms with Gasteiger partial charge in [-0.3, -0.25) is 4.79 Å². The summed E-state index contributed by atoms with van der Waals surface area (Å²) in [6.07, 6.45) is 1.60. The van der Waals surface area contributed by atoms with Gasteiger partial charge in [-0.25, -0.2) is 9.31 Å². The molecule has 22 heavy (non-hydrogen) atoms. The van der Waals surface area contributed by atoms with Gasteiger partial charge in [0.2, 0.25) is 5.91 Å².